The van der Waals surface area contributed by atoms with Gasteiger partial charge in [-0.05, 0) is 50.7 Å². The summed E-state index contributed by atoms with van der Waals surface area (Å²) in [5, 5.41) is 9.12. The molecule has 0 aliphatic heterocycles. The molecule has 2 rings (SSSR count). The van der Waals surface area contributed by atoms with Crippen LogP contribution in [0.3, 0.4) is 0 Å². The van der Waals surface area contributed by atoms with Gasteiger partial charge in [-0.25, -0.2) is 4.79 Å². The topological polar surface area (TPSA) is 37.3 Å². The van der Waals surface area contributed by atoms with Crippen LogP contribution in [0.15, 0.2) is 46.9 Å². The first-order chi connectivity index (χ1) is 8.99. The quantitative estimate of drug-likeness (QED) is 0.870. The minimum Gasteiger partial charge on any atom is -0.478 e. The Labute approximate surface area is 121 Å². The van der Waals surface area contributed by atoms with Gasteiger partial charge in [0, 0.05) is 4.47 Å². The normalized spacial score (nSPS) is 10.7. The summed E-state index contributed by atoms with van der Waals surface area (Å²) in [6, 6.07) is 13.6. The SMILES string of the molecule is CC(C)c1ccc(-c2ccc(Br)c(C(=O)O)c2)cc1. The molecule has 19 heavy (non-hydrogen) atoms. The summed E-state index contributed by atoms with van der Waals surface area (Å²) >= 11 is 3.25. The first-order valence-electron chi connectivity index (χ1n) is 6.12. The molecule has 2 aromatic carbocycles. The van der Waals surface area contributed by atoms with Crippen LogP contribution in [0.25, 0.3) is 11.1 Å². The van der Waals surface area contributed by atoms with Gasteiger partial charge in [0.05, 0.1) is 5.56 Å². The van der Waals surface area contributed by atoms with Gasteiger partial charge in [-0.2, -0.15) is 0 Å². The van der Waals surface area contributed by atoms with Crippen molar-refractivity contribution < 1.29 is 9.90 Å². The number of benzene rings is 2. The molecule has 0 unspecified atom stereocenters. The van der Waals surface area contributed by atoms with Crippen LogP contribution in [-0.2, 0) is 0 Å². The Morgan fingerprint density at radius 3 is 2.16 bits per heavy atom. The second-order valence-corrected chi connectivity index (χ2v) is 5.63. The molecule has 2 nitrogen and oxygen atoms in total. The van der Waals surface area contributed by atoms with E-state index in [1.165, 1.54) is 5.56 Å². The Morgan fingerprint density at radius 2 is 1.63 bits per heavy atom. The van der Waals surface area contributed by atoms with Crippen molar-refractivity contribution in [2.45, 2.75) is 19.8 Å². The van der Waals surface area contributed by atoms with Gasteiger partial charge in [0.25, 0.3) is 0 Å². The Balaban J connectivity index is 2.41. The molecule has 0 aromatic heterocycles. The molecule has 0 saturated heterocycles. The Hall–Kier alpha value is -1.61. The molecule has 0 aliphatic rings. The number of carbonyl (C=O) groups is 1. The monoisotopic (exact) mass is 318 g/mol. The first kappa shape index (κ1) is 13.8. The molecule has 0 atom stereocenters. The van der Waals surface area contributed by atoms with Crippen LogP contribution in [0, 0.1) is 0 Å². The van der Waals surface area contributed by atoms with Gasteiger partial charge in [0.15, 0.2) is 0 Å². The molecular weight excluding hydrogens is 304 g/mol. The third kappa shape index (κ3) is 3.04. The highest BCUT2D eigenvalue weighted by molar-refractivity contribution is 9.10. The van der Waals surface area contributed by atoms with E-state index in [0.717, 1.165) is 11.1 Å². The molecule has 0 bridgehead atoms. The summed E-state index contributed by atoms with van der Waals surface area (Å²) in [5.74, 6) is -0.430. The van der Waals surface area contributed by atoms with E-state index in [-0.39, 0.29) is 5.56 Å². The zero-order chi connectivity index (χ0) is 14.0. The molecule has 98 valence electrons. The fraction of sp³-hybridized carbons (Fsp3) is 0.188. The predicted molar refractivity (Wildman–Crippen MR) is 80.6 cm³/mol. The van der Waals surface area contributed by atoms with Gasteiger partial charge in [-0.15, -0.1) is 0 Å². The number of aromatic carboxylic acids is 1. The van der Waals surface area contributed by atoms with E-state index in [4.69, 9.17) is 5.11 Å². The number of carboxylic acids is 1. The van der Waals surface area contributed by atoms with Crippen molar-refractivity contribution in [3.05, 3.63) is 58.1 Å². The van der Waals surface area contributed by atoms with Gasteiger partial charge >= 0.3 is 5.97 Å². The van der Waals surface area contributed by atoms with Gasteiger partial charge < -0.3 is 5.11 Å². The van der Waals surface area contributed by atoms with E-state index in [1.807, 2.05) is 18.2 Å². The maximum absolute atomic E-state index is 11.1. The van der Waals surface area contributed by atoms with Gasteiger partial charge in [-0.3, -0.25) is 0 Å². The average molecular weight is 319 g/mol. The van der Waals surface area contributed by atoms with E-state index in [1.54, 1.807) is 12.1 Å². The summed E-state index contributed by atoms with van der Waals surface area (Å²) in [6.07, 6.45) is 0. The number of hydrogen-bond acceptors (Lipinski definition) is 1. The fourth-order valence-corrected chi connectivity index (χ4v) is 2.35. The van der Waals surface area contributed by atoms with Crippen molar-refractivity contribution in [1.82, 2.24) is 0 Å². The van der Waals surface area contributed by atoms with Crippen LogP contribution in [0.2, 0.25) is 0 Å². The van der Waals surface area contributed by atoms with Crippen LogP contribution in [0.1, 0.15) is 35.7 Å². The molecule has 0 aliphatic carbocycles. The molecule has 0 amide bonds. The second-order valence-electron chi connectivity index (χ2n) is 4.78. The Bertz CT molecular complexity index is 601. The van der Waals surface area contributed by atoms with Crippen LogP contribution in [0.5, 0.6) is 0 Å². The van der Waals surface area contributed by atoms with Crippen LogP contribution in [-0.4, -0.2) is 11.1 Å². The van der Waals surface area contributed by atoms with Crippen molar-refractivity contribution in [1.29, 1.82) is 0 Å². The summed E-state index contributed by atoms with van der Waals surface area (Å²) in [4.78, 5) is 11.1. The lowest BCUT2D eigenvalue weighted by atomic mass is 9.98. The van der Waals surface area contributed by atoms with E-state index >= 15 is 0 Å². The van der Waals surface area contributed by atoms with E-state index in [9.17, 15) is 4.79 Å². The lowest BCUT2D eigenvalue weighted by molar-refractivity contribution is 0.0696. The minimum atomic E-state index is -0.924. The molecule has 0 saturated carbocycles. The zero-order valence-electron chi connectivity index (χ0n) is 10.9. The highest BCUT2D eigenvalue weighted by Crippen LogP contribution is 2.27. The molecule has 1 N–H and O–H groups in total. The van der Waals surface area contributed by atoms with Gasteiger partial charge in [0.1, 0.15) is 0 Å². The number of carboxylic acid groups (broad SMARTS) is 1. The van der Waals surface area contributed by atoms with Crippen molar-refractivity contribution in [3.63, 3.8) is 0 Å². The Morgan fingerprint density at radius 1 is 1.05 bits per heavy atom. The maximum Gasteiger partial charge on any atom is 0.336 e. The first-order valence-corrected chi connectivity index (χ1v) is 6.91. The molecule has 0 spiro atoms. The summed E-state index contributed by atoms with van der Waals surface area (Å²) in [6.45, 7) is 4.30. The Kier molecular flexibility index (Phi) is 4.05. The second kappa shape index (κ2) is 5.57. The predicted octanol–water partition coefficient (Wildman–Crippen LogP) is 4.94. The molecule has 0 radical (unpaired) electrons. The largest absolute Gasteiger partial charge is 0.478 e. The molecular formula is C16H15BrO2. The molecule has 3 heteroatoms. The average Bonchev–Trinajstić information content (AvgIpc) is 2.39. The number of halogens is 1. The van der Waals surface area contributed by atoms with Crippen LogP contribution >= 0.6 is 15.9 Å². The third-order valence-electron chi connectivity index (χ3n) is 3.11. The molecule has 2 aromatic rings. The number of hydrogen-bond donors (Lipinski definition) is 1. The standard InChI is InChI=1S/C16H15BrO2/c1-10(2)11-3-5-12(6-4-11)13-7-8-15(17)14(9-13)16(18)19/h3-10H,1-2H3,(H,18,19). The summed E-state index contributed by atoms with van der Waals surface area (Å²) < 4.78 is 0.600. The highest BCUT2D eigenvalue weighted by atomic mass is 79.9. The van der Waals surface area contributed by atoms with E-state index < -0.39 is 5.97 Å². The fourth-order valence-electron chi connectivity index (χ4n) is 1.93. The smallest absolute Gasteiger partial charge is 0.336 e. The molecule has 0 heterocycles. The van der Waals surface area contributed by atoms with Crippen molar-refractivity contribution in [3.8, 4) is 11.1 Å². The van der Waals surface area contributed by atoms with Crippen LogP contribution < -0.4 is 0 Å². The maximum atomic E-state index is 11.1. The lowest BCUT2D eigenvalue weighted by Gasteiger charge is -2.08. The zero-order valence-corrected chi connectivity index (χ0v) is 12.4. The van der Waals surface area contributed by atoms with Crippen molar-refractivity contribution in [2.24, 2.45) is 0 Å². The number of rotatable bonds is 3. The summed E-state index contributed by atoms with van der Waals surface area (Å²) in [5.41, 5.74) is 3.50. The minimum absolute atomic E-state index is 0.283. The van der Waals surface area contributed by atoms with Crippen molar-refractivity contribution >= 4 is 21.9 Å². The van der Waals surface area contributed by atoms with Crippen molar-refractivity contribution in [2.75, 3.05) is 0 Å². The van der Waals surface area contributed by atoms with E-state index in [0.29, 0.717) is 10.4 Å². The lowest BCUT2D eigenvalue weighted by Crippen LogP contribution is -1.97. The van der Waals surface area contributed by atoms with Crippen LogP contribution in [0.4, 0.5) is 0 Å². The third-order valence-corrected chi connectivity index (χ3v) is 3.80. The summed E-state index contributed by atoms with van der Waals surface area (Å²) in [7, 11) is 0. The van der Waals surface area contributed by atoms with E-state index in [2.05, 4.69) is 41.9 Å². The molecule has 0 fully saturated rings. The highest BCUT2D eigenvalue weighted by Gasteiger charge is 2.10. The van der Waals surface area contributed by atoms with Gasteiger partial charge in [0.2, 0.25) is 0 Å². The van der Waals surface area contributed by atoms with Gasteiger partial charge in [-0.1, -0.05) is 44.2 Å².